The largest absolute Gasteiger partial charge is 0.438 e. The molecule has 0 amide bonds. The van der Waals surface area contributed by atoms with Crippen molar-refractivity contribution >= 4 is 48.0 Å². The van der Waals surface area contributed by atoms with Crippen LogP contribution in [0.1, 0.15) is 80.1 Å². The second-order valence-electron chi connectivity index (χ2n) is 15.6. The van der Waals surface area contributed by atoms with Crippen molar-refractivity contribution in [3.05, 3.63) is 53.4 Å². The Hall–Kier alpha value is -3.14. The molecule has 2 aromatic heterocycles. The summed E-state index contributed by atoms with van der Waals surface area (Å²) in [6.07, 6.45) is -1.33. The average molecular weight is 781 g/mol. The Morgan fingerprint density at radius 1 is 0.962 bits per heavy atom. The molecule has 0 spiro atoms. The summed E-state index contributed by atoms with van der Waals surface area (Å²) in [5.41, 5.74) is -0.000702. The molecular weight excluding hydrogens is 731 g/mol. The molecule has 2 aliphatic heterocycles. The molecule has 292 valence electrons. The van der Waals surface area contributed by atoms with E-state index in [2.05, 4.69) is 29.0 Å². The zero-order chi connectivity index (χ0) is 38.9. The number of anilines is 1. The fourth-order valence-corrected chi connectivity index (χ4v) is 6.91. The molecule has 2 aliphatic rings. The molecule has 4 heterocycles. The third-order valence-electron chi connectivity index (χ3n) is 8.76. The van der Waals surface area contributed by atoms with E-state index >= 15 is 0 Å². The average Bonchev–Trinajstić information content (AvgIpc) is 3.73. The van der Waals surface area contributed by atoms with Gasteiger partial charge < -0.3 is 37.9 Å². The van der Waals surface area contributed by atoms with Gasteiger partial charge in [0.2, 0.25) is 18.9 Å². The van der Waals surface area contributed by atoms with Crippen molar-refractivity contribution in [1.82, 2.24) is 14.5 Å². The molecule has 53 heavy (non-hydrogen) atoms. The summed E-state index contributed by atoms with van der Waals surface area (Å²) in [6, 6.07) is 12.0. The number of carbonyl (C=O) groups is 2. The number of aromatic nitrogens is 3. The Bertz CT molecular complexity index is 1770. The smallest absolute Gasteiger partial charge is 0.361 e. The summed E-state index contributed by atoms with van der Waals surface area (Å²) in [5, 5.41) is 0.822. The van der Waals surface area contributed by atoms with Gasteiger partial charge in [-0.2, -0.15) is 9.97 Å². The minimum atomic E-state index is -4.14. The first-order valence-corrected chi connectivity index (χ1v) is 19.4. The molecule has 0 bridgehead atoms. The lowest BCUT2D eigenvalue weighted by molar-refractivity contribution is -0.201. The van der Waals surface area contributed by atoms with Gasteiger partial charge in [-0.25, -0.2) is 0 Å². The first-order valence-electron chi connectivity index (χ1n) is 17.3. The first-order chi connectivity index (χ1) is 24.7. The molecule has 15 nitrogen and oxygen atoms in total. The van der Waals surface area contributed by atoms with E-state index in [0.717, 1.165) is 10.9 Å². The van der Waals surface area contributed by atoms with Crippen molar-refractivity contribution in [3.63, 3.8) is 0 Å². The van der Waals surface area contributed by atoms with Gasteiger partial charge in [0, 0.05) is 13.2 Å². The van der Waals surface area contributed by atoms with Gasteiger partial charge in [-0.05, 0) is 85.5 Å². The Morgan fingerprint density at radius 3 is 2.13 bits per heavy atom. The van der Waals surface area contributed by atoms with E-state index in [1.807, 2.05) is 47.0 Å². The number of fused-ring (bicyclic) bond motifs is 2. The predicted octanol–water partition coefficient (Wildman–Crippen LogP) is 6.99. The normalized spacial score (nSPS) is 22.1. The van der Waals surface area contributed by atoms with Crippen molar-refractivity contribution in [2.24, 2.45) is 10.8 Å². The highest BCUT2D eigenvalue weighted by Crippen LogP contribution is 2.49. The fraction of sp³-hybridized carbons (Fsp3) is 0.611. The lowest BCUT2D eigenvalue weighted by atomic mass is 9.98. The maximum absolute atomic E-state index is 13.8. The molecule has 0 saturated carbocycles. The number of carbonyl (C=O) groups excluding carboxylic acids is 2. The SMILES string of the molecule is C[C@H](c1ccccc1)N(C)c1nc(Cl)nc2c1ccn2[C@@H]1O[C@H](COCP(=O)(OCOC(=O)C(C)(C)C)OCOC(=O)C(C)(C)C)[C@H]2OC(C)(C)O[C@H]21. The summed E-state index contributed by atoms with van der Waals surface area (Å²) in [7, 11) is -2.19. The number of nitrogens with zero attached hydrogens (tertiary/aromatic N) is 4. The molecule has 3 aromatic rings. The number of esters is 2. The summed E-state index contributed by atoms with van der Waals surface area (Å²) in [6.45, 7) is 14.2. The number of ether oxygens (including phenoxy) is 6. The van der Waals surface area contributed by atoms with Gasteiger partial charge in [0.15, 0.2) is 12.0 Å². The first kappa shape index (κ1) is 41.0. The highest BCUT2D eigenvalue weighted by Gasteiger charge is 2.56. The number of rotatable bonds is 14. The zero-order valence-corrected chi connectivity index (χ0v) is 33.5. The Morgan fingerprint density at radius 2 is 1.55 bits per heavy atom. The van der Waals surface area contributed by atoms with Crippen LogP contribution >= 0.6 is 19.2 Å². The number of hydrogen-bond donors (Lipinski definition) is 0. The maximum Gasteiger partial charge on any atom is 0.361 e. The summed E-state index contributed by atoms with van der Waals surface area (Å²) in [5.74, 6) is -1.45. The van der Waals surface area contributed by atoms with Gasteiger partial charge in [-0.3, -0.25) is 23.2 Å². The highest BCUT2D eigenvalue weighted by atomic mass is 35.5. The molecule has 0 unspecified atom stereocenters. The van der Waals surface area contributed by atoms with Crippen LogP contribution in [0.4, 0.5) is 5.82 Å². The Kier molecular flexibility index (Phi) is 12.3. The lowest BCUT2D eigenvalue weighted by Crippen LogP contribution is -2.33. The van der Waals surface area contributed by atoms with Crippen molar-refractivity contribution in [3.8, 4) is 0 Å². The topological polar surface area (TPSA) is 159 Å². The minimum Gasteiger partial charge on any atom is -0.438 e. The standard InChI is InChI=1S/C36H50ClN4O11P/c1-22(23-14-12-11-13-15-23)40(10)28-24-16-17-41(29(24)39-33(37)38-28)30-27-26(51-36(8,9)52-27)25(50-30)18-45-21-53(44,48-19-46-31(42)34(2,3)4)49-20-47-32(43)35(5,6)7/h11-17,22,25-27,30H,18-21H2,1-10H3/t22-,25-,26-,27-,30-/m1/s1. The van der Waals surface area contributed by atoms with Crippen LogP contribution in [-0.2, 0) is 51.6 Å². The summed E-state index contributed by atoms with van der Waals surface area (Å²) in [4.78, 5) is 35.8. The van der Waals surface area contributed by atoms with E-state index in [4.69, 9.17) is 49.1 Å². The molecule has 5 atom stereocenters. The number of hydrogen-bond acceptors (Lipinski definition) is 14. The van der Waals surface area contributed by atoms with Crippen LogP contribution in [0.3, 0.4) is 0 Å². The second kappa shape index (κ2) is 15.9. The van der Waals surface area contributed by atoms with E-state index in [0.29, 0.717) is 11.5 Å². The third kappa shape index (κ3) is 9.76. The number of benzene rings is 1. The van der Waals surface area contributed by atoms with Crippen LogP contribution in [0.2, 0.25) is 5.28 Å². The van der Waals surface area contributed by atoms with E-state index < -0.39 is 80.6 Å². The summed E-state index contributed by atoms with van der Waals surface area (Å²) >= 11 is 6.52. The Balaban J connectivity index is 1.32. The highest BCUT2D eigenvalue weighted by molar-refractivity contribution is 7.53. The van der Waals surface area contributed by atoms with Crippen LogP contribution in [0.15, 0.2) is 42.6 Å². The van der Waals surface area contributed by atoms with Gasteiger partial charge in [0.05, 0.1) is 28.9 Å². The molecule has 17 heteroatoms. The van der Waals surface area contributed by atoms with E-state index in [1.54, 1.807) is 55.4 Å². The van der Waals surface area contributed by atoms with Gasteiger partial charge in [-0.15, -0.1) is 0 Å². The van der Waals surface area contributed by atoms with Gasteiger partial charge >= 0.3 is 19.5 Å². The molecule has 0 aliphatic carbocycles. The van der Waals surface area contributed by atoms with Gasteiger partial charge in [0.25, 0.3) is 0 Å². The molecular formula is C36H50ClN4O11P. The van der Waals surface area contributed by atoms with E-state index in [1.165, 1.54) is 0 Å². The van der Waals surface area contributed by atoms with Gasteiger partial charge in [-0.1, -0.05) is 30.3 Å². The van der Waals surface area contributed by atoms with Crippen molar-refractivity contribution in [1.29, 1.82) is 0 Å². The monoisotopic (exact) mass is 780 g/mol. The van der Waals surface area contributed by atoms with E-state index in [-0.39, 0.29) is 17.9 Å². The van der Waals surface area contributed by atoms with Gasteiger partial charge in [0.1, 0.15) is 36.1 Å². The molecule has 0 radical (unpaired) electrons. The molecule has 2 fully saturated rings. The maximum atomic E-state index is 13.8. The minimum absolute atomic E-state index is 0.0188. The molecule has 5 rings (SSSR count). The van der Waals surface area contributed by atoms with E-state index in [9.17, 15) is 14.2 Å². The predicted molar refractivity (Wildman–Crippen MR) is 195 cm³/mol. The number of halogens is 1. The second-order valence-corrected chi connectivity index (χ2v) is 17.9. The zero-order valence-electron chi connectivity index (χ0n) is 31.9. The van der Waals surface area contributed by atoms with Crippen LogP contribution in [0.25, 0.3) is 11.0 Å². The van der Waals surface area contributed by atoms with Crippen LogP contribution in [0, 0.1) is 10.8 Å². The van der Waals surface area contributed by atoms with Crippen LogP contribution in [-0.4, -0.2) is 84.2 Å². The molecule has 0 N–H and O–H groups in total. The lowest BCUT2D eigenvalue weighted by Gasteiger charge is -2.27. The van der Waals surface area contributed by atoms with Crippen molar-refractivity contribution in [2.45, 2.75) is 98.7 Å². The van der Waals surface area contributed by atoms with Crippen LogP contribution < -0.4 is 4.90 Å². The fourth-order valence-electron chi connectivity index (χ4n) is 5.77. The third-order valence-corrected chi connectivity index (χ3v) is 10.4. The van der Waals surface area contributed by atoms with Crippen molar-refractivity contribution < 1.29 is 51.6 Å². The van der Waals surface area contributed by atoms with Crippen LogP contribution in [0.5, 0.6) is 0 Å². The molecule has 1 aromatic carbocycles. The van der Waals surface area contributed by atoms with Crippen molar-refractivity contribution in [2.75, 3.05) is 38.5 Å². The quantitative estimate of drug-likeness (QED) is 0.0713. The molecule has 2 saturated heterocycles. The summed E-state index contributed by atoms with van der Waals surface area (Å²) < 4.78 is 61.7. The Labute approximate surface area is 315 Å².